The molecule has 0 bridgehead atoms. The van der Waals surface area contributed by atoms with Gasteiger partial charge < -0.3 is 10.5 Å². The minimum atomic E-state index is 0.287. The van der Waals surface area contributed by atoms with E-state index >= 15 is 0 Å². The SMILES string of the molecule is COc1ccccc1CCc1nc(N)n[nH]1. The van der Waals surface area contributed by atoms with Crippen molar-refractivity contribution >= 4 is 5.95 Å². The molecular formula is C11H14N4O. The van der Waals surface area contributed by atoms with Crippen LogP contribution in [0.2, 0.25) is 0 Å². The maximum absolute atomic E-state index is 5.43. The fraction of sp³-hybridized carbons (Fsp3) is 0.273. The lowest BCUT2D eigenvalue weighted by atomic mass is 10.1. The van der Waals surface area contributed by atoms with Gasteiger partial charge in [0.25, 0.3) is 0 Å². The van der Waals surface area contributed by atoms with Crippen molar-refractivity contribution in [2.24, 2.45) is 0 Å². The molecule has 1 heterocycles. The van der Waals surface area contributed by atoms with Crippen molar-refractivity contribution in [3.8, 4) is 5.75 Å². The number of aryl methyl sites for hydroxylation is 2. The van der Waals surface area contributed by atoms with E-state index in [0.717, 1.165) is 30.0 Å². The molecule has 0 aliphatic heterocycles. The van der Waals surface area contributed by atoms with Crippen LogP contribution in [0.5, 0.6) is 5.75 Å². The van der Waals surface area contributed by atoms with Crippen molar-refractivity contribution in [2.45, 2.75) is 12.8 Å². The molecule has 5 nitrogen and oxygen atoms in total. The van der Waals surface area contributed by atoms with Gasteiger partial charge in [-0.1, -0.05) is 18.2 Å². The highest BCUT2D eigenvalue weighted by molar-refractivity contribution is 5.33. The van der Waals surface area contributed by atoms with Crippen molar-refractivity contribution in [3.63, 3.8) is 0 Å². The number of nitrogen functional groups attached to an aromatic ring is 1. The second-order valence-electron chi connectivity index (χ2n) is 3.45. The van der Waals surface area contributed by atoms with Crippen molar-refractivity contribution in [1.29, 1.82) is 0 Å². The van der Waals surface area contributed by atoms with Crippen LogP contribution < -0.4 is 10.5 Å². The molecule has 2 aromatic rings. The lowest BCUT2D eigenvalue weighted by molar-refractivity contribution is 0.409. The molecule has 0 aliphatic rings. The van der Waals surface area contributed by atoms with Gasteiger partial charge in [-0.25, -0.2) is 0 Å². The Kier molecular flexibility index (Phi) is 3.05. The third-order valence-electron chi connectivity index (χ3n) is 2.37. The van der Waals surface area contributed by atoms with Gasteiger partial charge in [-0.15, -0.1) is 5.10 Å². The molecule has 0 aliphatic carbocycles. The third-order valence-corrected chi connectivity index (χ3v) is 2.37. The van der Waals surface area contributed by atoms with E-state index in [0.29, 0.717) is 0 Å². The summed E-state index contributed by atoms with van der Waals surface area (Å²) in [6, 6.07) is 7.93. The molecule has 0 radical (unpaired) electrons. The van der Waals surface area contributed by atoms with E-state index < -0.39 is 0 Å². The van der Waals surface area contributed by atoms with Gasteiger partial charge in [0.1, 0.15) is 11.6 Å². The molecule has 84 valence electrons. The number of nitrogens with zero attached hydrogens (tertiary/aromatic N) is 2. The van der Waals surface area contributed by atoms with E-state index in [1.807, 2.05) is 24.3 Å². The predicted molar refractivity (Wildman–Crippen MR) is 61.2 cm³/mol. The first-order chi connectivity index (χ1) is 7.79. The normalized spacial score (nSPS) is 10.3. The van der Waals surface area contributed by atoms with E-state index in [1.54, 1.807) is 7.11 Å². The van der Waals surface area contributed by atoms with Crippen molar-refractivity contribution in [3.05, 3.63) is 35.7 Å². The van der Waals surface area contributed by atoms with Crippen LogP contribution >= 0.6 is 0 Å². The number of benzene rings is 1. The maximum atomic E-state index is 5.43. The Bertz CT molecular complexity index is 467. The molecule has 0 atom stereocenters. The summed E-state index contributed by atoms with van der Waals surface area (Å²) in [6.45, 7) is 0. The first-order valence-electron chi connectivity index (χ1n) is 5.08. The number of nitrogens with two attached hydrogens (primary N) is 1. The van der Waals surface area contributed by atoms with Crippen LogP contribution in [0.25, 0.3) is 0 Å². The van der Waals surface area contributed by atoms with Gasteiger partial charge in [-0.2, -0.15) is 4.98 Å². The monoisotopic (exact) mass is 218 g/mol. The molecule has 0 saturated heterocycles. The summed E-state index contributed by atoms with van der Waals surface area (Å²) in [4.78, 5) is 4.05. The Morgan fingerprint density at radius 3 is 2.81 bits per heavy atom. The number of rotatable bonds is 4. The summed E-state index contributed by atoms with van der Waals surface area (Å²) >= 11 is 0. The van der Waals surface area contributed by atoms with E-state index in [9.17, 15) is 0 Å². The average Bonchev–Trinajstić information content (AvgIpc) is 2.73. The number of hydrogen-bond donors (Lipinski definition) is 2. The van der Waals surface area contributed by atoms with Crippen molar-refractivity contribution < 1.29 is 4.74 Å². The zero-order chi connectivity index (χ0) is 11.4. The molecule has 3 N–H and O–H groups in total. The molecule has 16 heavy (non-hydrogen) atoms. The van der Waals surface area contributed by atoms with E-state index in [-0.39, 0.29) is 5.95 Å². The van der Waals surface area contributed by atoms with Gasteiger partial charge in [-0.3, -0.25) is 5.10 Å². The van der Waals surface area contributed by atoms with Crippen LogP contribution in [0.1, 0.15) is 11.4 Å². The fourth-order valence-corrected chi connectivity index (χ4v) is 1.58. The number of methoxy groups -OCH3 is 1. The maximum Gasteiger partial charge on any atom is 0.239 e. The predicted octanol–water partition coefficient (Wildman–Crippen LogP) is 1.18. The molecule has 0 fully saturated rings. The van der Waals surface area contributed by atoms with Gasteiger partial charge in [0.15, 0.2) is 0 Å². The lowest BCUT2D eigenvalue weighted by Gasteiger charge is -2.06. The Morgan fingerprint density at radius 1 is 1.31 bits per heavy atom. The molecule has 0 spiro atoms. The van der Waals surface area contributed by atoms with E-state index in [2.05, 4.69) is 15.2 Å². The number of nitrogens with one attached hydrogen (secondary N) is 1. The summed E-state index contributed by atoms with van der Waals surface area (Å²) < 4.78 is 5.27. The first-order valence-corrected chi connectivity index (χ1v) is 5.08. The zero-order valence-corrected chi connectivity index (χ0v) is 9.10. The number of anilines is 1. The zero-order valence-electron chi connectivity index (χ0n) is 9.10. The number of hydrogen-bond acceptors (Lipinski definition) is 4. The number of para-hydroxylation sites is 1. The van der Waals surface area contributed by atoms with Crippen LogP contribution in [-0.2, 0) is 12.8 Å². The lowest BCUT2D eigenvalue weighted by Crippen LogP contribution is -1.97. The van der Waals surface area contributed by atoms with Crippen LogP contribution in [0.3, 0.4) is 0 Å². The molecule has 1 aromatic carbocycles. The van der Waals surface area contributed by atoms with Crippen LogP contribution in [0, 0.1) is 0 Å². The summed E-state index contributed by atoms with van der Waals surface area (Å²) in [6.07, 6.45) is 1.61. The highest BCUT2D eigenvalue weighted by Gasteiger charge is 2.04. The van der Waals surface area contributed by atoms with Crippen LogP contribution in [0.15, 0.2) is 24.3 Å². The van der Waals surface area contributed by atoms with Gasteiger partial charge >= 0.3 is 0 Å². The summed E-state index contributed by atoms with van der Waals surface area (Å²) in [7, 11) is 1.67. The molecular weight excluding hydrogens is 204 g/mol. The third kappa shape index (κ3) is 2.31. The molecule has 0 saturated carbocycles. The van der Waals surface area contributed by atoms with Gasteiger partial charge in [0.05, 0.1) is 7.11 Å². The molecule has 1 aromatic heterocycles. The van der Waals surface area contributed by atoms with Gasteiger partial charge in [-0.05, 0) is 18.1 Å². The first kappa shape index (κ1) is 10.5. The Hall–Kier alpha value is -2.04. The van der Waals surface area contributed by atoms with Crippen LogP contribution in [0.4, 0.5) is 5.95 Å². The topological polar surface area (TPSA) is 76.8 Å². The number of H-pyrrole nitrogens is 1. The molecule has 2 rings (SSSR count). The quantitative estimate of drug-likeness (QED) is 0.807. The largest absolute Gasteiger partial charge is 0.496 e. The highest BCUT2D eigenvalue weighted by atomic mass is 16.5. The molecule has 0 unspecified atom stereocenters. The standard InChI is InChI=1S/C11H14N4O/c1-16-9-5-3-2-4-8(9)6-7-10-13-11(12)15-14-10/h2-5H,6-7H2,1H3,(H3,12,13,14,15). The number of aromatic nitrogens is 3. The number of aromatic amines is 1. The molecule has 0 amide bonds. The van der Waals surface area contributed by atoms with E-state index in [4.69, 9.17) is 10.5 Å². The smallest absolute Gasteiger partial charge is 0.239 e. The second kappa shape index (κ2) is 4.65. The molecule has 5 heteroatoms. The summed E-state index contributed by atoms with van der Waals surface area (Å²) in [5.41, 5.74) is 6.58. The van der Waals surface area contributed by atoms with Crippen molar-refractivity contribution in [1.82, 2.24) is 15.2 Å². The second-order valence-corrected chi connectivity index (χ2v) is 3.45. The minimum absolute atomic E-state index is 0.287. The highest BCUT2D eigenvalue weighted by Crippen LogP contribution is 2.18. The fourth-order valence-electron chi connectivity index (χ4n) is 1.58. The van der Waals surface area contributed by atoms with E-state index in [1.165, 1.54) is 0 Å². The Balaban J connectivity index is 2.04. The number of ether oxygens (including phenoxy) is 1. The van der Waals surface area contributed by atoms with Crippen LogP contribution in [-0.4, -0.2) is 22.3 Å². The Labute approximate surface area is 93.7 Å². The van der Waals surface area contributed by atoms with Gasteiger partial charge in [0.2, 0.25) is 5.95 Å². The summed E-state index contributed by atoms with van der Waals surface area (Å²) in [5.74, 6) is 1.98. The van der Waals surface area contributed by atoms with Crippen molar-refractivity contribution in [2.75, 3.05) is 12.8 Å². The summed E-state index contributed by atoms with van der Waals surface area (Å²) in [5, 5.41) is 6.57. The van der Waals surface area contributed by atoms with Gasteiger partial charge in [0, 0.05) is 6.42 Å². The minimum Gasteiger partial charge on any atom is -0.496 e. The Morgan fingerprint density at radius 2 is 2.12 bits per heavy atom. The average molecular weight is 218 g/mol.